The second-order valence-electron chi connectivity index (χ2n) is 7.49. The third kappa shape index (κ3) is 6.37. The molecule has 2 atom stereocenters. The fraction of sp³-hybridized carbons (Fsp3) is 0.444. The molecule has 0 aliphatic carbocycles. The van der Waals surface area contributed by atoms with Crippen LogP contribution in [0.3, 0.4) is 0 Å². The van der Waals surface area contributed by atoms with Crippen LogP contribution in [0.15, 0.2) is 24.3 Å². The SMILES string of the molecule is CC(C)(C)OC(=O)N[C@@H]1C(=O)N(OCC(=O)OCc2ccc([N+](=O)[O-])cc2)[C@H]1C(N)=O. The Kier molecular flexibility index (Phi) is 7.12. The molecule has 1 saturated heterocycles. The van der Waals surface area contributed by atoms with Crippen LogP contribution in [0.25, 0.3) is 0 Å². The second kappa shape index (κ2) is 9.38. The molecule has 1 aliphatic heterocycles. The van der Waals surface area contributed by atoms with E-state index in [1.165, 1.54) is 24.3 Å². The molecule has 1 aromatic carbocycles. The van der Waals surface area contributed by atoms with Crippen LogP contribution in [0, 0.1) is 10.1 Å². The van der Waals surface area contributed by atoms with E-state index in [-0.39, 0.29) is 12.3 Å². The van der Waals surface area contributed by atoms with Crippen molar-refractivity contribution in [1.29, 1.82) is 0 Å². The molecule has 0 radical (unpaired) electrons. The highest BCUT2D eigenvalue weighted by atomic mass is 16.7. The number of primary amides is 1. The van der Waals surface area contributed by atoms with Gasteiger partial charge < -0.3 is 20.5 Å². The molecular formula is C18H22N4O9. The third-order valence-corrected chi connectivity index (χ3v) is 3.88. The summed E-state index contributed by atoms with van der Waals surface area (Å²) in [6.07, 6.45) is -0.917. The van der Waals surface area contributed by atoms with Crippen LogP contribution in [-0.2, 0) is 35.3 Å². The molecule has 0 unspecified atom stereocenters. The molecule has 1 aliphatic rings. The number of β-lactam (4-membered cyclic amide) rings is 1. The smallest absolute Gasteiger partial charge is 0.408 e. The number of nitro benzene ring substituents is 1. The first-order valence-electron chi connectivity index (χ1n) is 9.03. The minimum atomic E-state index is -1.33. The normalized spacial score (nSPS) is 18.0. The Balaban J connectivity index is 1.84. The van der Waals surface area contributed by atoms with Gasteiger partial charge in [0, 0.05) is 12.1 Å². The first-order chi connectivity index (χ1) is 14.4. The summed E-state index contributed by atoms with van der Waals surface area (Å²) in [5.41, 5.74) is 4.82. The Morgan fingerprint density at radius 3 is 2.35 bits per heavy atom. The molecule has 0 saturated carbocycles. The van der Waals surface area contributed by atoms with Crippen molar-refractivity contribution in [3.8, 4) is 0 Å². The summed E-state index contributed by atoms with van der Waals surface area (Å²) >= 11 is 0. The van der Waals surface area contributed by atoms with E-state index in [1.54, 1.807) is 20.8 Å². The van der Waals surface area contributed by atoms with Crippen molar-refractivity contribution in [2.24, 2.45) is 5.73 Å². The lowest BCUT2D eigenvalue weighted by Gasteiger charge is -2.43. The van der Waals surface area contributed by atoms with Crippen LogP contribution in [0.2, 0.25) is 0 Å². The molecule has 0 bridgehead atoms. The number of carbonyl (C=O) groups is 4. The predicted octanol–water partition coefficient (Wildman–Crippen LogP) is 0.159. The minimum Gasteiger partial charge on any atom is -0.459 e. The van der Waals surface area contributed by atoms with E-state index in [1.807, 2.05) is 0 Å². The number of hydroxylamine groups is 2. The monoisotopic (exact) mass is 438 g/mol. The summed E-state index contributed by atoms with van der Waals surface area (Å²) in [6.45, 7) is 3.98. The Bertz CT molecular complexity index is 879. The van der Waals surface area contributed by atoms with Gasteiger partial charge in [0.05, 0.1) is 4.92 Å². The van der Waals surface area contributed by atoms with Crippen LogP contribution in [0.5, 0.6) is 0 Å². The van der Waals surface area contributed by atoms with Gasteiger partial charge in [-0.25, -0.2) is 14.7 Å². The number of benzene rings is 1. The van der Waals surface area contributed by atoms with E-state index in [4.69, 9.17) is 20.0 Å². The van der Waals surface area contributed by atoms with Crippen LogP contribution in [0.4, 0.5) is 10.5 Å². The topological polar surface area (TPSA) is 180 Å². The third-order valence-electron chi connectivity index (χ3n) is 3.88. The Labute approximate surface area is 176 Å². The lowest BCUT2D eigenvalue weighted by atomic mass is 9.98. The number of rotatable bonds is 8. The summed E-state index contributed by atoms with van der Waals surface area (Å²) < 4.78 is 9.97. The summed E-state index contributed by atoms with van der Waals surface area (Å²) in [4.78, 5) is 62.5. The number of carbonyl (C=O) groups excluding carboxylic acids is 4. The van der Waals surface area contributed by atoms with Crippen molar-refractivity contribution in [1.82, 2.24) is 10.4 Å². The molecule has 0 aromatic heterocycles. The fourth-order valence-corrected chi connectivity index (χ4v) is 2.50. The van der Waals surface area contributed by atoms with Crippen LogP contribution >= 0.6 is 0 Å². The number of nitrogens with zero attached hydrogens (tertiary/aromatic N) is 2. The van der Waals surface area contributed by atoms with Gasteiger partial charge in [0.1, 0.15) is 18.2 Å². The number of esters is 1. The van der Waals surface area contributed by atoms with Crippen molar-refractivity contribution in [2.45, 2.75) is 45.1 Å². The van der Waals surface area contributed by atoms with Crippen molar-refractivity contribution in [2.75, 3.05) is 6.61 Å². The number of nitro groups is 1. The maximum Gasteiger partial charge on any atom is 0.408 e. The van der Waals surface area contributed by atoms with Crippen molar-refractivity contribution < 1.29 is 38.4 Å². The molecule has 3 amide bonds. The van der Waals surface area contributed by atoms with Gasteiger partial charge in [-0.1, -0.05) is 0 Å². The van der Waals surface area contributed by atoms with Gasteiger partial charge in [0.15, 0.2) is 12.6 Å². The van der Waals surface area contributed by atoms with Gasteiger partial charge in [-0.2, -0.15) is 0 Å². The first-order valence-corrected chi connectivity index (χ1v) is 9.03. The number of non-ortho nitro benzene ring substituents is 1. The zero-order valence-electron chi connectivity index (χ0n) is 17.0. The highest BCUT2D eigenvalue weighted by Crippen LogP contribution is 2.21. The number of nitrogens with one attached hydrogen (secondary N) is 1. The Morgan fingerprint density at radius 1 is 1.23 bits per heavy atom. The molecule has 1 fully saturated rings. The Hall–Kier alpha value is -3.74. The lowest BCUT2D eigenvalue weighted by Crippen LogP contribution is -2.74. The quantitative estimate of drug-likeness (QED) is 0.247. The maximum absolute atomic E-state index is 12.2. The molecule has 3 N–H and O–H groups in total. The van der Waals surface area contributed by atoms with Gasteiger partial charge in [0.25, 0.3) is 11.6 Å². The Morgan fingerprint density at radius 2 is 1.84 bits per heavy atom. The lowest BCUT2D eigenvalue weighted by molar-refractivity contribution is -0.384. The van der Waals surface area contributed by atoms with Gasteiger partial charge in [-0.05, 0) is 38.5 Å². The summed E-state index contributed by atoms with van der Waals surface area (Å²) in [6, 6.07) is 2.73. The highest BCUT2D eigenvalue weighted by Gasteiger charge is 2.53. The maximum atomic E-state index is 12.2. The zero-order chi connectivity index (χ0) is 23.3. The predicted molar refractivity (Wildman–Crippen MR) is 102 cm³/mol. The minimum absolute atomic E-state index is 0.109. The van der Waals surface area contributed by atoms with E-state index in [0.29, 0.717) is 10.6 Å². The van der Waals surface area contributed by atoms with Crippen molar-refractivity contribution in [3.05, 3.63) is 39.9 Å². The largest absolute Gasteiger partial charge is 0.459 e. The molecule has 0 spiro atoms. The number of nitrogens with two attached hydrogens (primary N) is 1. The molecule has 1 heterocycles. The average Bonchev–Trinajstić information content (AvgIpc) is 2.66. The van der Waals surface area contributed by atoms with Crippen molar-refractivity contribution >= 4 is 29.6 Å². The zero-order valence-corrected chi connectivity index (χ0v) is 17.0. The van der Waals surface area contributed by atoms with E-state index in [0.717, 1.165) is 0 Å². The number of hydrogen-bond donors (Lipinski definition) is 2. The summed E-state index contributed by atoms with van der Waals surface area (Å²) in [5.74, 6) is -2.62. The molecule has 13 heteroatoms. The van der Waals surface area contributed by atoms with E-state index >= 15 is 0 Å². The van der Waals surface area contributed by atoms with E-state index in [9.17, 15) is 29.3 Å². The molecule has 2 rings (SSSR count). The van der Waals surface area contributed by atoms with Gasteiger partial charge >= 0.3 is 12.1 Å². The molecule has 1 aromatic rings. The molecule has 168 valence electrons. The van der Waals surface area contributed by atoms with E-state index in [2.05, 4.69) is 5.32 Å². The van der Waals surface area contributed by atoms with Crippen molar-refractivity contribution in [3.63, 3.8) is 0 Å². The molecular weight excluding hydrogens is 416 g/mol. The number of alkyl carbamates (subject to hydrolysis) is 1. The second-order valence-corrected chi connectivity index (χ2v) is 7.49. The summed E-state index contributed by atoms with van der Waals surface area (Å²) in [7, 11) is 0. The van der Waals surface area contributed by atoms with Crippen LogP contribution in [0.1, 0.15) is 26.3 Å². The van der Waals surface area contributed by atoms with E-state index < -0.39 is 53.1 Å². The highest BCUT2D eigenvalue weighted by molar-refractivity contribution is 6.02. The molecule has 31 heavy (non-hydrogen) atoms. The number of amides is 3. The molecule has 13 nitrogen and oxygen atoms in total. The number of ether oxygens (including phenoxy) is 2. The fourth-order valence-electron chi connectivity index (χ4n) is 2.50. The average molecular weight is 438 g/mol. The van der Waals surface area contributed by atoms with Gasteiger partial charge in [0.2, 0.25) is 5.91 Å². The van der Waals surface area contributed by atoms with Gasteiger partial charge in [-0.15, -0.1) is 0 Å². The van der Waals surface area contributed by atoms with Crippen LogP contribution < -0.4 is 11.1 Å². The first kappa shape index (κ1) is 23.5. The van der Waals surface area contributed by atoms with Gasteiger partial charge in [-0.3, -0.25) is 24.5 Å². The van der Waals surface area contributed by atoms with Crippen LogP contribution in [-0.4, -0.2) is 58.2 Å². The number of hydrogen-bond acceptors (Lipinski definition) is 9. The summed E-state index contributed by atoms with van der Waals surface area (Å²) in [5, 5.41) is 13.4. The standard InChI is InChI=1S/C18H22N4O9/c1-18(2,3)31-17(26)20-13-14(15(19)24)21(16(13)25)30-9-12(23)29-8-10-4-6-11(7-5-10)22(27)28/h4-7,13-14H,8-9H2,1-3H3,(H2,19,24)(H,20,26)/t13-,14+/m0/s1.